The molecule has 1 aromatic rings. The van der Waals surface area contributed by atoms with Crippen LogP contribution in [0.2, 0.25) is 0 Å². The molecule has 1 aliphatic rings. The molecule has 5 nitrogen and oxygen atoms in total. The molecule has 0 spiro atoms. The van der Waals surface area contributed by atoms with Crippen molar-refractivity contribution in [3.63, 3.8) is 0 Å². The number of hydrogen-bond donors (Lipinski definition) is 2. The van der Waals surface area contributed by atoms with Gasteiger partial charge < -0.3 is 11.1 Å². The Bertz CT molecular complexity index is 665. The molecule has 1 saturated carbocycles. The summed E-state index contributed by atoms with van der Waals surface area (Å²) in [6.07, 6.45) is 7.29. The Kier molecular flexibility index (Phi) is 6.40. The maximum Gasteiger partial charge on any atom is 0.220 e. The number of benzene rings is 1. The summed E-state index contributed by atoms with van der Waals surface area (Å²) in [6, 6.07) is 7.34. The van der Waals surface area contributed by atoms with E-state index in [2.05, 4.69) is 5.32 Å². The van der Waals surface area contributed by atoms with E-state index in [9.17, 15) is 13.2 Å². The highest BCUT2D eigenvalue weighted by Crippen LogP contribution is 2.38. The van der Waals surface area contributed by atoms with Crippen LogP contribution in [-0.2, 0) is 26.9 Å². The molecule has 0 saturated heterocycles. The van der Waals surface area contributed by atoms with Gasteiger partial charge in [-0.2, -0.15) is 0 Å². The minimum Gasteiger partial charge on any atom is -0.352 e. The maximum absolute atomic E-state index is 12.3. The third-order valence-electron chi connectivity index (χ3n) is 4.79. The van der Waals surface area contributed by atoms with E-state index in [-0.39, 0.29) is 17.1 Å². The third-order valence-corrected chi connectivity index (χ3v) is 5.65. The first-order valence-corrected chi connectivity index (χ1v) is 10.6. The molecular weight excluding hydrogens is 324 g/mol. The van der Waals surface area contributed by atoms with Crippen LogP contribution in [0, 0.1) is 5.41 Å². The van der Waals surface area contributed by atoms with Gasteiger partial charge >= 0.3 is 0 Å². The zero-order chi connectivity index (χ0) is 17.6. The van der Waals surface area contributed by atoms with Crippen molar-refractivity contribution >= 4 is 15.7 Å². The second kappa shape index (κ2) is 8.12. The molecule has 0 aliphatic heterocycles. The number of carbonyl (C=O) groups excluding carboxylic acids is 1. The van der Waals surface area contributed by atoms with Gasteiger partial charge in [-0.25, -0.2) is 8.42 Å². The molecule has 0 atom stereocenters. The topological polar surface area (TPSA) is 89.3 Å². The summed E-state index contributed by atoms with van der Waals surface area (Å²) in [5, 5.41) is 2.95. The summed E-state index contributed by atoms with van der Waals surface area (Å²) >= 11 is 0. The molecule has 1 amide bonds. The van der Waals surface area contributed by atoms with Crippen molar-refractivity contribution in [2.45, 2.75) is 50.8 Å². The van der Waals surface area contributed by atoms with Gasteiger partial charge in [0.25, 0.3) is 0 Å². The summed E-state index contributed by atoms with van der Waals surface area (Å²) in [6.45, 7) is 0.974. The number of nitrogens with one attached hydrogen (secondary N) is 1. The predicted octanol–water partition coefficient (Wildman–Crippen LogP) is 2.15. The molecule has 134 valence electrons. The van der Waals surface area contributed by atoms with Crippen LogP contribution < -0.4 is 11.1 Å². The lowest BCUT2D eigenvalue weighted by molar-refractivity contribution is -0.124. The van der Waals surface area contributed by atoms with Crippen LogP contribution in [0.15, 0.2) is 24.3 Å². The number of rotatable bonds is 7. The van der Waals surface area contributed by atoms with Gasteiger partial charge in [0.1, 0.15) is 0 Å². The molecule has 0 heterocycles. The molecule has 1 fully saturated rings. The van der Waals surface area contributed by atoms with Crippen LogP contribution in [-0.4, -0.2) is 27.1 Å². The second-order valence-electron chi connectivity index (χ2n) is 7.11. The van der Waals surface area contributed by atoms with Crippen molar-refractivity contribution in [1.29, 1.82) is 0 Å². The van der Waals surface area contributed by atoms with Gasteiger partial charge in [0, 0.05) is 19.2 Å². The van der Waals surface area contributed by atoms with E-state index in [4.69, 9.17) is 5.73 Å². The first-order chi connectivity index (χ1) is 11.3. The van der Waals surface area contributed by atoms with Gasteiger partial charge in [0.05, 0.1) is 5.75 Å². The lowest BCUT2D eigenvalue weighted by Gasteiger charge is -2.35. The second-order valence-corrected chi connectivity index (χ2v) is 9.25. The van der Waals surface area contributed by atoms with Gasteiger partial charge in [0.15, 0.2) is 9.84 Å². The van der Waals surface area contributed by atoms with Crippen LogP contribution in [0.5, 0.6) is 0 Å². The lowest BCUT2D eigenvalue weighted by Crippen LogP contribution is -2.38. The van der Waals surface area contributed by atoms with Gasteiger partial charge in [-0.3, -0.25) is 4.79 Å². The summed E-state index contributed by atoms with van der Waals surface area (Å²) in [4.78, 5) is 12.3. The molecule has 0 radical (unpaired) electrons. The highest BCUT2D eigenvalue weighted by molar-refractivity contribution is 7.89. The molecule has 0 aromatic heterocycles. The predicted molar refractivity (Wildman–Crippen MR) is 96.0 cm³/mol. The van der Waals surface area contributed by atoms with Crippen LogP contribution in [0.3, 0.4) is 0 Å². The quantitative estimate of drug-likeness (QED) is 0.787. The largest absolute Gasteiger partial charge is 0.352 e. The molecule has 0 unspecified atom stereocenters. The summed E-state index contributed by atoms with van der Waals surface area (Å²) in [7, 11) is -3.06. The Morgan fingerprint density at radius 3 is 2.50 bits per heavy atom. The summed E-state index contributed by atoms with van der Waals surface area (Å²) < 4.78 is 22.8. The fourth-order valence-corrected chi connectivity index (χ4v) is 4.28. The Hall–Kier alpha value is -1.40. The molecule has 24 heavy (non-hydrogen) atoms. The average molecular weight is 353 g/mol. The van der Waals surface area contributed by atoms with E-state index >= 15 is 0 Å². The molecule has 0 bridgehead atoms. The Morgan fingerprint density at radius 1 is 1.21 bits per heavy atom. The third kappa shape index (κ3) is 5.91. The number of nitrogens with two attached hydrogens (primary N) is 1. The highest BCUT2D eigenvalue weighted by atomic mass is 32.2. The van der Waals surface area contributed by atoms with Gasteiger partial charge in [-0.15, -0.1) is 0 Å². The number of sulfone groups is 1. The number of hydrogen-bond acceptors (Lipinski definition) is 4. The lowest BCUT2D eigenvalue weighted by atomic mass is 9.71. The van der Waals surface area contributed by atoms with Crippen molar-refractivity contribution in [3.8, 4) is 0 Å². The zero-order valence-electron chi connectivity index (χ0n) is 14.4. The maximum atomic E-state index is 12.3. The van der Waals surface area contributed by atoms with E-state index < -0.39 is 9.84 Å². The molecule has 3 N–H and O–H groups in total. The van der Waals surface area contributed by atoms with E-state index in [1.807, 2.05) is 18.2 Å². The van der Waals surface area contributed by atoms with E-state index in [1.165, 1.54) is 12.7 Å². The van der Waals surface area contributed by atoms with Crippen LogP contribution in [0.1, 0.15) is 49.7 Å². The SMILES string of the molecule is CS(=O)(=O)Cc1cccc(CNC(=O)CC2(CN)CCCCC2)c1. The fraction of sp³-hybridized carbons (Fsp3) is 0.611. The van der Waals surface area contributed by atoms with E-state index in [0.717, 1.165) is 36.8 Å². The molecule has 2 rings (SSSR count). The number of carbonyl (C=O) groups is 1. The summed E-state index contributed by atoms with van der Waals surface area (Å²) in [5.41, 5.74) is 7.55. The smallest absolute Gasteiger partial charge is 0.220 e. The standard InChI is InChI=1S/C18H28N2O3S/c1-24(22,23)13-16-7-5-6-15(10-16)12-20-17(21)11-18(14-19)8-3-2-4-9-18/h5-7,10H,2-4,8-9,11-14,19H2,1H3,(H,20,21). The van der Waals surface area contributed by atoms with Crippen molar-refractivity contribution in [3.05, 3.63) is 35.4 Å². The molecule has 1 aromatic carbocycles. The molecular formula is C18H28N2O3S. The van der Waals surface area contributed by atoms with E-state index in [1.54, 1.807) is 6.07 Å². The minimum absolute atomic E-state index is 0.0189. The van der Waals surface area contributed by atoms with Crippen molar-refractivity contribution in [2.24, 2.45) is 11.1 Å². The van der Waals surface area contributed by atoms with E-state index in [0.29, 0.717) is 19.5 Å². The Morgan fingerprint density at radius 2 is 1.88 bits per heavy atom. The fourth-order valence-electron chi connectivity index (χ4n) is 3.49. The van der Waals surface area contributed by atoms with Crippen LogP contribution in [0.4, 0.5) is 0 Å². The molecule has 1 aliphatic carbocycles. The van der Waals surface area contributed by atoms with Crippen molar-refractivity contribution < 1.29 is 13.2 Å². The first-order valence-electron chi connectivity index (χ1n) is 8.54. The molecule has 6 heteroatoms. The number of amides is 1. The average Bonchev–Trinajstić information content (AvgIpc) is 2.52. The van der Waals surface area contributed by atoms with Crippen molar-refractivity contribution in [2.75, 3.05) is 12.8 Å². The van der Waals surface area contributed by atoms with Gasteiger partial charge in [-0.05, 0) is 35.9 Å². The Labute approximate surface area is 144 Å². The monoisotopic (exact) mass is 352 g/mol. The first kappa shape index (κ1) is 18.9. The van der Waals surface area contributed by atoms with Gasteiger partial charge in [0.2, 0.25) is 5.91 Å². The normalized spacial score (nSPS) is 17.4. The van der Waals surface area contributed by atoms with Crippen LogP contribution >= 0.6 is 0 Å². The van der Waals surface area contributed by atoms with Crippen molar-refractivity contribution in [1.82, 2.24) is 5.32 Å². The Balaban J connectivity index is 1.90. The zero-order valence-corrected chi connectivity index (χ0v) is 15.2. The summed E-state index contributed by atoms with van der Waals surface area (Å²) in [5.74, 6) is 0.0429. The van der Waals surface area contributed by atoms with Crippen LogP contribution in [0.25, 0.3) is 0 Å². The minimum atomic E-state index is -3.06. The van der Waals surface area contributed by atoms with Gasteiger partial charge in [-0.1, -0.05) is 43.5 Å². The highest BCUT2D eigenvalue weighted by Gasteiger charge is 2.32.